The monoisotopic (exact) mass is 228 g/mol. The summed E-state index contributed by atoms with van der Waals surface area (Å²) < 4.78 is 0. The summed E-state index contributed by atoms with van der Waals surface area (Å²) in [6, 6.07) is 0. The average Bonchev–Trinajstić information content (AvgIpc) is 2.10. The summed E-state index contributed by atoms with van der Waals surface area (Å²) in [6.07, 6.45) is 4.74. The molecule has 0 heterocycles. The third-order valence-corrected chi connectivity index (χ3v) is 4.17. The van der Waals surface area contributed by atoms with Crippen LogP contribution in [0.4, 0.5) is 0 Å². The summed E-state index contributed by atoms with van der Waals surface area (Å²) in [5.41, 5.74) is -0.190. The Morgan fingerprint density at radius 3 is 2.12 bits per heavy atom. The van der Waals surface area contributed by atoms with E-state index in [1.54, 1.807) is 0 Å². The topological polar surface area (TPSA) is 26.7 Å². The number of nitrogens with zero attached hydrogens (tertiary/aromatic N) is 2. The van der Waals surface area contributed by atoms with Gasteiger partial charge in [-0.1, -0.05) is 6.92 Å². The predicted octanol–water partition coefficient (Wildman–Crippen LogP) is 1.56. The van der Waals surface area contributed by atoms with Crippen molar-refractivity contribution in [3.8, 4) is 0 Å². The first-order valence-electron chi connectivity index (χ1n) is 6.40. The molecule has 0 saturated heterocycles. The van der Waals surface area contributed by atoms with Crippen LogP contribution in [0.25, 0.3) is 0 Å². The SMILES string of the molecule is CCC(C)(O)CN(C)CC1(N(C)C)CCC1. The molecule has 96 valence electrons. The molecule has 0 amide bonds. The van der Waals surface area contributed by atoms with E-state index in [1.807, 2.05) is 13.8 Å². The van der Waals surface area contributed by atoms with Crippen LogP contribution in [0.3, 0.4) is 0 Å². The van der Waals surface area contributed by atoms with Crippen molar-refractivity contribution >= 4 is 0 Å². The van der Waals surface area contributed by atoms with Crippen LogP contribution in [0.1, 0.15) is 39.5 Å². The van der Waals surface area contributed by atoms with Crippen molar-refractivity contribution in [1.29, 1.82) is 0 Å². The molecule has 16 heavy (non-hydrogen) atoms. The van der Waals surface area contributed by atoms with Gasteiger partial charge in [-0.25, -0.2) is 0 Å². The molecule has 1 aliphatic rings. The number of likely N-dealkylation sites (N-methyl/N-ethyl adjacent to an activating group) is 2. The zero-order valence-corrected chi connectivity index (χ0v) is 11.6. The molecular weight excluding hydrogens is 200 g/mol. The van der Waals surface area contributed by atoms with E-state index >= 15 is 0 Å². The molecule has 3 heteroatoms. The van der Waals surface area contributed by atoms with Crippen molar-refractivity contribution in [1.82, 2.24) is 9.80 Å². The largest absolute Gasteiger partial charge is 0.389 e. The third-order valence-electron chi connectivity index (χ3n) is 4.17. The molecule has 1 rings (SSSR count). The quantitative estimate of drug-likeness (QED) is 0.747. The first-order valence-corrected chi connectivity index (χ1v) is 6.40. The van der Waals surface area contributed by atoms with Crippen LogP contribution in [-0.4, -0.2) is 60.3 Å². The molecule has 0 bridgehead atoms. The summed E-state index contributed by atoms with van der Waals surface area (Å²) in [4.78, 5) is 4.64. The van der Waals surface area contributed by atoms with Crippen molar-refractivity contribution in [3.63, 3.8) is 0 Å². The summed E-state index contributed by atoms with van der Waals surface area (Å²) in [7, 11) is 6.46. The fourth-order valence-corrected chi connectivity index (χ4v) is 2.58. The Hall–Kier alpha value is -0.120. The minimum atomic E-state index is -0.550. The van der Waals surface area contributed by atoms with Crippen LogP contribution >= 0.6 is 0 Å². The molecule has 1 atom stereocenters. The van der Waals surface area contributed by atoms with E-state index in [2.05, 4.69) is 30.9 Å². The highest BCUT2D eigenvalue weighted by atomic mass is 16.3. The first-order chi connectivity index (χ1) is 7.31. The summed E-state index contributed by atoms with van der Waals surface area (Å²) >= 11 is 0. The second-order valence-corrected chi connectivity index (χ2v) is 6.00. The minimum absolute atomic E-state index is 0.360. The van der Waals surface area contributed by atoms with E-state index in [1.165, 1.54) is 19.3 Å². The van der Waals surface area contributed by atoms with Gasteiger partial charge in [0.15, 0.2) is 0 Å². The Kier molecular flexibility index (Phi) is 4.38. The molecule has 0 aromatic carbocycles. The van der Waals surface area contributed by atoms with Gasteiger partial charge in [0.1, 0.15) is 0 Å². The highest BCUT2D eigenvalue weighted by Gasteiger charge is 2.40. The van der Waals surface area contributed by atoms with E-state index in [-0.39, 0.29) is 0 Å². The first kappa shape index (κ1) is 13.9. The highest BCUT2D eigenvalue weighted by Crippen LogP contribution is 2.36. The Balaban J connectivity index is 2.47. The highest BCUT2D eigenvalue weighted by molar-refractivity contribution is 4.98. The van der Waals surface area contributed by atoms with Gasteiger partial charge in [0.25, 0.3) is 0 Å². The lowest BCUT2D eigenvalue weighted by atomic mass is 9.75. The Morgan fingerprint density at radius 2 is 1.81 bits per heavy atom. The smallest absolute Gasteiger partial charge is 0.0743 e. The van der Waals surface area contributed by atoms with Crippen molar-refractivity contribution in [2.45, 2.75) is 50.7 Å². The number of aliphatic hydroxyl groups is 1. The fourth-order valence-electron chi connectivity index (χ4n) is 2.58. The van der Waals surface area contributed by atoms with Crippen LogP contribution in [0.15, 0.2) is 0 Å². The maximum absolute atomic E-state index is 10.1. The molecule has 0 aromatic rings. The van der Waals surface area contributed by atoms with Crippen molar-refractivity contribution in [3.05, 3.63) is 0 Å². The van der Waals surface area contributed by atoms with E-state index in [0.29, 0.717) is 5.54 Å². The van der Waals surface area contributed by atoms with E-state index in [0.717, 1.165) is 19.5 Å². The van der Waals surface area contributed by atoms with E-state index < -0.39 is 5.60 Å². The second kappa shape index (κ2) is 5.03. The normalized spacial score (nSPS) is 23.2. The summed E-state index contributed by atoms with van der Waals surface area (Å²) in [5, 5.41) is 10.1. The van der Waals surface area contributed by atoms with Crippen LogP contribution in [0.5, 0.6) is 0 Å². The minimum Gasteiger partial charge on any atom is -0.389 e. The maximum Gasteiger partial charge on any atom is 0.0743 e. The zero-order chi connectivity index (χ0) is 12.4. The molecule has 1 saturated carbocycles. The molecular formula is C13H28N2O. The van der Waals surface area contributed by atoms with Gasteiger partial charge in [-0.2, -0.15) is 0 Å². The van der Waals surface area contributed by atoms with Crippen molar-refractivity contribution in [2.24, 2.45) is 0 Å². The number of hydrogen-bond donors (Lipinski definition) is 1. The number of rotatable bonds is 6. The lowest BCUT2D eigenvalue weighted by Crippen LogP contribution is -2.58. The Morgan fingerprint density at radius 1 is 1.25 bits per heavy atom. The van der Waals surface area contributed by atoms with Gasteiger partial charge in [-0.3, -0.25) is 0 Å². The van der Waals surface area contributed by atoms with Gasteiger partial charge in [-0.05, 0) is 53.8 Å². The predicted molar refractivity (Wildman–Crippen MR) is 68.7 cm³/mol. The zero-order valence-electron chi connectivity index (χ0n) is 11.6. The fraction of sp³-hybridized carbons (Fsp3) is 1.00. The van der Waals surface area contributed by atoms with Crippen molar-refractivity contribution in [2.75, 3.05) is 34.2 Å². The molecule has 1 aliphatic carbocycles. The third kappa shape index (κ3) is 3.19. The molecule has 3 nitrogen and oxygen atoms in total. The second-order valence-electron chi connectivity index (χ2n) is 6.00. The summed E-state index contributed by atoms with van der Waals surface area (Å²) in [6.45, 7) is 5.79. The lowest BCUT2D eigenvalue weighted by Gasteiger charge is -2.50. The molecule has 1 fully saturated rings. The average molecular weight is 228 g/mol. The molecule has 1 N–H and O–H groups in total. The van der Waals surface area contributed by atoms with Crippen LogP contribution in [0.2, 0.25) is 0 Å². The Bertz CT molecular complexity index is 222. The van der Waals surface area contributed by atoms with E-state index in [9.17, 15) is 5.11 Å². The summed E-state index contributed by atoms with van der Waals surface area (Å²) in [5.74, 6) is 0. The van der Waals surface area contributed by atoms with Gasteiger partial charge < -0.3 is 14.9 Å². The van der Waals surface area contributed by atoms with E-state index in [4.69, 9.17) is 0 Å². The maximum atomic E-state index is 10.1. The van der Waals surface area contributed by atoms with Gasteiger partial charge in [0, 0.05) is 18.6 Å². The van der Waals surface area contributed by atoms with Crippen LogP contribution < -0.4 is 0 Å². The molecule has 0 spiro atoms. The molecule has 0 aromatic heterocycles. The lowest BCUT2D eigenvalue weighted by molar-refractivity contribution is -0.0153. The van der Waals surface area contributed by atoms with Crippen molar-refractivity contribution < 1.29 is 5.11 Å². The standard InChI is InChI=1S/C13H28N2O/c1-6-12(2,16)10-15(5)11-13(14(3)4)8-7-9-13/h16H,6-11H2,1-5H3. The van der Waals surface area contributed by atoms with Gasteiger partial charge >= 0.3 is 0 Å². The van der Waals surface area contributed by atoms with Crippen LogP contribution in [-0.2, 0) is 0 Å². The van der Waals surface area contributed by atoms with Crippen LogP contribution in [0, 0.1) is 0 Å². The van der Waals surface area contributed by atoms with Gasteiger partial charge in [0.05, 0.1) is 5.60 Å². The molecule has 0 aliphatic heterocycles. The Labute approximate surface area is 100 Å². The van der Waals surface area contributed by atoms with Gasteiger partial charge in [-0.15, -0.1) is 0 Å². The number of hydrogen-bond acceptors (Lipinski definition) is 3. The van der Waals surface area contributed by atoms with Gasteiger partial charge in [0.2, 0.25) is 0 Å². The molecule has 0 radical (unpaired) electrons. The molecule has 1 unspecified atom stereocenters.